The van der Waals surface area contributed by atoms with Gasteiger partial charge in [-0.2, -0.15) is 0 Å². The molecule has 1 aliphatic heterocycles. The molecular formula is C22H24N6O4. The number of imidazole rings is 1. The zero-order valence-electron chi connectivity index (χ0n) is 17.6. The molecule has 0 atom stereocenters. The van der Waals surface area contributed by atoms with Gasteiger partial charge < -0.3 is 9.88 Å². The molecular weight excluding hydrogens is 412 g/mol. The summed E-state index contributed by atoms with van der Waals surface area (Å²) in [5.41, 5.74) is 0.355. The number of rotatable bonds is 5. The molecule has 10 heteroatoms. The van der Waals surface area contributed by atoms with Gasteiger partial charge in [-0.25, -0.2) is 19.1 Å². The Hall–Kier alpha value is -3.69. The van der Waals surface area contributed by atoms with Crippen LogP contribution in [0, 0.1) is 0 Å². The second-order valence-corrected chi connectivity index (χ2v) is 8.29. The first-order chi connectivity index (χ1) is 15.5. The number of hydrogen-bond donors (Lipinski definition) is 1. The molecule has 166 valence electrons. The van der Waals surface area contributed by atoms with Gasteiger partial charge in [0.05, 0.1) is 12.9 Å². The molecule has 1 saturated heterocycles. The molecule has 1 aliphatic carbocycles. The number of nitrogens with one attached hydrogen (secondary N) is 1. The Balaban J connectivity index is 1.65. The van der Waals surface area contributed by atoms with E-state index in [4.69, 9.17) is 0 Å². The average molecular weight is 436 g/mol. The first-order valence-corrected chi connectivity index (χ1v) is 10.9. The van der Waals surface area contributed by atoms with Crippen LogP contribution >= 0.6 is 0 Å². The second-order valence-electron chi connectivity index (χ2n) is 8.29. The fourth-order valence-corrected chi connectivity index (χ4v) is 4.64. The molecule has 2 aromatic heterocycles. The van der Waals surface area contributed by atoms with Crippen LogP contribution < -0.4 is 16.6 Å². The lowest BCUT2D eigenvalue weighted by molar-refractivity contribution is -0.128. The van der Waals surface area contributed by atoms with Crippen LogP contribution in [0.5, 0.6) is 0 Å². The molecule has 1 N–H and O–H groups in total. The Kier molecular flexibility index (Phi) is 5.12. The van der Waals surface area contributed by atoms with Gasteiger partial charge in [0.25, 0.3) is 11.5 Å². The highest BCUT2D eigenvalue weighted by Gasteiger charge is 2.29. The third-order valence-electron chi connectivity index (χ3n) is 6.29. The van der Waals surface area contributed by atoms with Gasteiger partial charge in [-0.05, 0) is 18.4 Å². The van der Waals surface area contributed by atoms with Gasteiger partial charge >= 0.3 is 11.7 Å². The highest BCUT2D eigenvalue weighted by Crippen LogP contribution is 2.31. The molecule has 3 aromatic rings. The van der Waals surface area contributed by atoms with Crippen molar-refractivity contribution in [1.29, 1.82) is 0 Å². The smallest absolute Gasteiger partial charge is 0.333 e. The maximum absolute atomic E-state index is 13.4. The van der Waals surface area contributed by atoms with Crippen molar-refractivity contribution in [3.05, 3.63) is 63.1 Å². The third kappa shape index (κ3) is 3.41. The van der Waals surface area contributed by atoms with Crippen LogP contribution in [0.25, 0.3) is 11.2 Å². The fraction of sp³-hybridized carbons (Fsp3) is 0.409. The molecule has 5 rings (SSSR count). The Morgan fingerprint density at radius 1 is 1.06 bits per heavy atom. The van der Waals surface area contributed by atoms with Gasteiger partial charge in [-0.15, -0.1) is 0 Å². The minimum Gasteiger partial charge on any atom is -0.336 e. The van der Waals surface area contributed by atoms with Gasteiger partial charge in [-0.3, -0.25) is 19.1 Å². The van der Waals surface area contributed by atoms with Crippen molar-refractivity contribution in [2.75, 3.05) is 13.1 Å². The first kappa shape index (κ1) is 20.2. The van der Waals surface area contributed by atoms with Crippen LogP contribution in [0.3, 0.4) is 0 Å². The van der Waals surface area contributed by atoms with Gasteiger partial charge in [0.1, 0.15) is 6.54 Å². The summed E-state index contributed by atoms with van der Waals surface area (Å²) in [6.07, 6.45) is 5.66. The van der Waals surface area contributed by atoms with E-state index in [9.17, 15) is 19.2 Å². The van der Waals surface area contributed by atoms with Crippen molar-refractivity contribution < 1.29 is 9.59 Å². The number of urea groups is 1. The minimum absolute atomic E-state index is 0.142. The normalized spacial score (nSPS) is 16.8. The van der Waals surface area contributed by atoms with E-state index < -0.39 is 29.7 Å². The zero-order valence-corrected chi connectivity index (χ0v) is 17.6. The summed E-state index contributed by atoms with van der Waals surface area (Å²) < 4.78 is 4.23. The van der Waals surface area contributed by atoms with E-state index in [-0.39, 0.29) is 19.1 Å². The third-order valence-corrected chi connectivity index (χ3v) is 6.29. The number of nitrogens with zero attached hydrogens (tertiary/aromatic N) is 5. The van der Waals surface area contributed by atoms with Crippen molar-refractivity contribution in [2.24, 2.45) is 0 Å². The number of aromatic nitrogens is 4. The lowest BCUT2D eigenvalue weighted by Crippen LogP contribution is -2.46. The van der Waals surface area contributed by atoms with E-state index in [1.807, 2.05) is 34.9 Å². The quantitative estimate of drug-likeness (QED) is 0.643. The van der Waals surface area contributed by atoms with Crippen LogP contribution in [-0.4, -0.2) is 48.6 Å². The lowest BCUT2D eigenvalue weighted by Gasteiger charge is -2.17. The van der Waals surface area contributed by atoms with Crippen molar-refractivity contribution in [1.82, 2.24) is 28.9 Å². The SMILES string of the molecule is O=C(Cn1c(=O)c2c(ncn2C2CCCC2)n(Cc2ccccc2)c1=O)N1CCNC1=O. The maximum atomic E-state index is 13.4. The largest absolute Gasteiger partial charge is 0.336 e. The van der Waals surface area contributed by atoms with Gasteiger partial charge in [0.2, 0.25) is 0 Å². The molecule has 0 radical (unpaired) electrons. The summed E-state index contributed by atoms with van der Waals surface area (Å²) in [6.45, 7) is 0.292. The summed E-state index contributed by atoms with van der Waals surface area (Å²) >= 11 is 0. The monoisotopic (exact) mass is 436 g/mol. The van der Waals surface area contributed by atoms with E-state index in [2.05, 4.69) is 10.3 Å². The molecule has 1 saturated carbocycles. The molecule has 10 nitrogen and oxygen atoms in total. The molecule has 2 aliphatic rings. The molecule has 32 heavy (non-hydrogen) atoms. The predicted octanol–water partition coefficient (Wildman–Crippen LogP) is 1.07. The molecule has 0 spiro atoms. The zero-order chi connectivity index (χ0) is 22.2. The standard InChI is InChI=1S/C22H24N6O4/c29-17(25-11-10-23-21(25)31)13-27-20(30)18-19(24-14-28(18)16-8-4-5-9-16)26(22(27)32)12-15-6-2-1-3-7-15/h1-3,6-7,14,16H,4-5,8-13H2,(H,23,31). The molecule has 2 fully saturated rings. The number of benzene rings is 1. The van der Waals surface area contributed by atoms with E-state index in [0.29, 0.717) is 17.7 Å². The number of amides is 3. The molecule has 1 aromatic carbocycles. The topological polar surface area (TPSA) is 111 Å². The van der Waals surface area contributed by atoms with E-state index in [1.165, 1.54) is 4.57 Å². The maximum Gasteiger partial charge on any atom is 0.333 e. The van der Waals surface area contributed by atoms with Crippen molar-refractivity contribution in [2.45, 2.75) is 44.8 Å². The number of imide groups is 1. The van der Waals surface area contributed by atoms with E-state index >= 15 is 0 Å². The van der Waals surface area contributed by atoms with E-state index in [0.717, 1.165) is 40.7 Å². The number of carbonyl (C=O) groups excluding carboxylic acids is 2. The summed E-state index contributed by atoms with van der Waals surface area (Å²) in [6, 6.07) is 9.05. The Morgan fingerprint density at radius 2 is 1.81 bits per heavy atom. The summed E-state index contributed by atoms with van der Waals surface area (Å²) in [5, 5.41) is 2.56. The molecule has 0 unspecified atom stereocenters. The van der Waals surface area contributed by atoms with Crippen LogP contribution in [0.2, 0.25) is 0 Å². The minimum atomic E-state index is -0.615. The Bertz CT molecular complexity index is 1300. The highest BCUT2D eigenvalue weighted by atomic mass is 16.2. The van der Waals surface area contributed by atoms with Gasteiger partial charge in [-0.1, -0.05) is 43.2 Å². The average Bonchev–Trinajstić information content (AvgIpc) is 3.55. The van der Waals surface area contributed by atoms with Crippen LogP contribution in [0.1, 0.15) is 37.3 Å². The first-order valence-electron chi connectivity index (χ1n) is 10.9. The van der Waals surface area contributed by atoms with Gasteiger partial charge in [0.15, 0.2) is 11.2 Å². The second kappa shape index (κ2) is 8.10. The van der Waals surface area contributed by atoms with Crippen LogP contribution in [0.15, 0.2) is 46.2 Å². The van der Waals surface area contributed by atoms with E-state index in [1.54, 1.807) is 6.33 Å². The Labute approximate surface area is 183 Å². The van der Waals surface area contributed by atoms with Crippen molar-refractivity contribution in [3.63, 3.8) is 0 Å². The number of carbonyl (C=O) groups is 2. The highest BCUT2D eigenvalue weighted by molar-refractivity contribution is 5.95. The number of fused-ring (bicyclic) bond motifs is 1. The van der Waals surface area contributed by atoms with Crippen LogP contribution in [0.4, 0.5) is 4.79 Å². The van der Waals surface area contributed by atoms with Crippen molar-refractivity contribution in [3.8, 4) is 0 Å². The molecule has 0 bridgehead atoms. The Morgan fingerprint density at radius 3 is 2.50 bits per heavy atom. The van der Waals surface area contributed by atoms with Crippen LogP contribution in [-0.2, 0) is 17.9 Å². The number of hydrogen-bond acceptors (Lipinski definition) is 5. The predicted molar refractivity (Wildman–Crippen MR) is 116 cm³/mol. The van der Waals surface area contributed by atoms with Crippen molar-refractivity contribution >= 4 is 23.1 Å². The molecule has 3 amide bonds. The summed E-state index contributed by atoms with van der Waals surface area (Å²) in [5.74, 6) is -0.586. The summed E-state index contributed by atoms with van der Waals surface area (Å²) in [7, 11) is 0. The lowest BCUT2D eigenvalue weighted by atomic mass is 10.2. The fourth-order valence-electron chi connectivity index (χ4n) is 4.64. The summed E-state index contributed by atoms with van der Waals surface area (Å²) in [4.78, 5) is 56.9. The molecule has 3 heterocycles. The van der Waals surface area contributed by atoms with Gasteiger partial charge in [0, 0.05) is 19.1 Å².